The molecule has 0 spiro atoms. The molecule has 2 N–H and O–H groups in total. The van der Waals surface area contributed by atoms with Gasteiger partial charge in [0, 0.05) is 11.6 Å². The highest BCUT2D eigenvalue weighted by molar-refractivity contribution is 5.93. The van der Waals surface area contributed by atoms with Gasteiger partial charge in [0.2, 0.25) is 0 Å². The Bertz CT molecular complexity index is 843. The van der Waals surface area contributed by atoms with Crippen LogP contribution in [-0.4, -0.2) is 16.2 Å². The molecule has 0 radical (unpaired) electrons. The van der Waals surface area contributed by atoms with E-state index in [0.29, 0.717) is 5.76 Å². The van der Waals surface area contributed by atoms with Gasteiger partial charge in [0.15, 0.2) is 0 Å². The smallest absolute Gasteiger partial charge is 0.336 e. The van der Waals surface area contributed by atoms with Crippen LogP contribution >= 0.6 is 0 Å². The van der Waals surface area contributed by atoms with Crippen molar-refractivity contribution in [3.63, 3.8) is 0 Å². The quantitative estimate of drug-likeness (QED) is 0.807. The van der Waals surface area contributed by atoms with E-state index in [0.717, 1.165) is 39.0 Å². The Morgan fingerprint density at radius 2 is 1.16 bits per heavy atom. The molecule has 0 saturated heterocycles. The first-order valence-corrected chi connectivity index (χ1v) is 8.03. The minimum Gasteiger partial charge on any atom is -0.507 e. The number of hydrogen-bond donors (Lipinski definition) is 2. The van der Waals surface area contributed by atoms with E-state index in [2.05, 4.69) is 0 Å². The molecule has 1 aliphatic rings. The lowest BCUT2D eigenvalue weighted by Gasteiger charge is -2.16. The predicted molar refractivity (Wildman–Crippen MR) is 96.4 cm³/mol. The van der Waals surface area contributed by atoms with Gasteiger partial charge in [0.05, 0.1) is 0 Å². The van der Waals surface area contributed by atoms with E-state index >= 15 is 0 Å². The zero-order valence-corrected chi connectivity index (χ0v) is 14.7. The van der Waals surface area contributed by atoms with Crippen LogP contribution in [0.15, 0.2) is 42.2 Å². The van der Waals surface area contributed by atoms with Crippen molar-refractivity contribution in [1.82, 2.24) is 0 Å². The molecule has 2 aromatic rings. The fourth-order valence-electron chi connectivity index (χ4n) is 3.11. The SMILES string of the molecule is Cc1cc(C(=C2C=CC(=O)O2)c2cc(C)c(O)c(C)c2)cc(C)c1O. The molecular weight excluding hydrogens is 316 g/mol. The molecule has 3 rings (SSSR count). The fraction of sp³-hybridized carbons (Fsp3) is 0.190. The van der Waals surface area contributed by atoms with E-state index in [4.69, 9.17) is 4.74 Å². The van der Waals surface area contributed by atoms with Crippen LogP contribution in [0.1, 0.15) is 33.4 Å². The van der Waals surface area contributed by atoms with Crippen molar-refractivity contribution in [2.75, 3.05) is 0 Å². The standard InChI is InChI=1S/C21H20O4/c1-11-7-15(8-12(2)20(11)23)19(17-5-6-18(22)25-17)16-9-13(3)21(24)14(4)10-16/h5-10,23-24H,1-4H3. The molecule has 25 heavy (non-hydrogen) atoms. The van der Waals surface area contributed by atoms with Crippen LogP contribution in [0.3, 0.4) is 0 Å². The number of carbonyl (C=O) groups excluding carboxylic acids is 1. The minimum absolute atomic E-state index is 0.255. The Morgan fingerprint density at radius 3 is 1.48 bits per heavy atom. The van der Waals surface area contributed by atoms with Crippen molar-refractivity contribution in [3.05, 3.63) is 75.6 Å². The van der Waals surface area contributed by atoms with Gasteiger partial charge >= 0.3 is 5.97 Å². The van der Waals surface area contributed by atoms with Crippen molar-refractivity contribution >= 4 is 11.5 Å². The lowest BCUT2D eigenvalue weighted by atomic mass is 9.91. The van der Waals surface area contributed by atoms with Crippen LogP contribution < -0.4 is 0 Å². The lowest BCUT2D eigenvalue weighted by Crippen LogP contribution is -1.99. The van der Waals surface area contributed by atoms with E-state index in [9.17, 15) is 15.0 Å². The number of allylic oxidation sites excluding steroid dienone is 1. The molecule has 0 aliphatic carbocycles. The summed E-state index contributed by atoms with van der Waals surface area (Å²) in [7, 11) is 0. The number of cyclic esters (lactones) is 1. The van der Waals surface area contributed by atoms with Gasteiger partial charge in [-0.2, -0.15) is 0 Å². The number of phenolic OH excluding ortho intramolecular Hbond substituents is 2. The summed E-state index contributed by atoms with van der Waals surface area (Å²) < 4.78 is 5.36. The molecule has 0 saturated carbocycles. The number of aryl methyl sites for hydroxylation is 4. The highest BCUT2D eigenvalue weighted by Crippen LogP contribution is 2.36. The summed E-state index contributed by atoms with van der Waals surface area (Å²) in [6.45, 7) is 7.33. The van der Waals surface area contributed by atoms with Crippen molar-refractivity contribution in [3.8, 4) is 11.5 Å². The summed E-state index contributed by atoms with van der Waals surface area (Å²) in [6, 6.07) is 7.45. The summed E-state index contributed by atoms with van der Waals surface area (Å²) in [5.74, 6) is 0.557. The van der Waals surface area contributed by atoms with Crippen LogP contribution in [-0.2, 0) is 9.53 Å². The Morgan fingerprint density at radius 1 is 0.760 bits per heavy atom. The Balaban J connectivity index is 2.30. The van der Waals surface area contributed by atoms with Gasteiger partial charge < -0.3 is 14.9 Å². The normalized spacial score (nSPS) is 13.3. The van der Waals surface area contributed by atoms with E-state index in [1.807, 2.05) is 52.0 Å². The van der Waals surface area contributed by atoms with Crippen LogP contribution in [0.5, 0.6) is 11.5 Å². The van der Waals surface area contributed by atoms with Gasteiger partial charge in [0.25, 0.3) is 0 Å². The molecule has 0 fully saturated rings. The number of ether oxygens (including phenoxy) is 1. The highest BCUT2D eigenvalue weighted by atomic mass is 16.5. The lowest BCUT2D eigenvalue weighted by molar-refractivity contribution is -0.132. The number of phenols is 2. The van der Waals surface area contributed by atoms with E-state index in [1.54, 1.807) is 6.08 Å². The predicted octanol–water partition coefficient (Wildman–Crippen LogP) is 4.20. The molecule has 1 aliphatic heterocycles. The first-order chi connectivity index (χ1) is 11.8. The monoisotopic (exact) mass is 336 g/mol. The zero-order valence-electron chi connectivity index (χ0n) is 14.7. The van der Waals surface area contributed by atoms with E-state index in [-0.39, 0.29) is 11.5 Å². The average molecular weight is 336 g/mol. The van der Waals surface area contributed by atoms with E-state index in [1.165, 1.54) is 6.08 Å². The van der Waals surface area contributed by atoms with Gasteiger partial charge in [-0.15, -0.1) is 0 Å². The number of carbonyl (C=O) groups is 1. The Hall–Kier alpha value is -3.01. The van der Waals surface area contributed by atoms with Crippen LogP contribution in [0, 0.1) is 27.7 Å². The maximum absolute atomic E-state index is 11.6. The van der Waals surface area contributed by atoms with Crippen molar-refractivity contribution < 1.29 is 19.7 Å². The molecule has 0 atom stereocenters. The van der Waals surface area contributed by atoms with Crippen LogP contribution in [0.4, 0.5) is 0 Å². The third-order valence-electron chi connectivity index (χ3n) is 4.39. The molecule has 1 heterocycles. The highest BCUT2D eigenvalue weighted by Gasteiger charge is 2.20. The maximum atomic E-state index is 11.6. The first kappa shape index (κ1) is 16.8. The molecule has 2 aromatic carbocycles. The maximum Gasteiger partial charge on any atom is 0.336 e. The fourth-order valence-corrected chi connectivity index (χ4v) is 3.11. The molecule has 0 unspecified atom stereocenters. The third kappa shape index (κ3) is 3.03. The molecule has 0 aromatic heterocycles. The second-order valence-corrected chi connectivity index (χ2v) is 6.41. The molecule has 4 nitrogen and oxygen atoms in total. The average Bonchev–Trinajstić information content (AvgIpc) is 2.96. The minimum atomic E-state index is -0.410. The summed E-state index contributed by atoms with van der Waals surface area (Å²) in [5, 5.41) is 20.1. The van der Waals surface area contributed by atoms with Gasteiger partial charge in [-0.1, -0.05) is 0 Å². The molecule has 0 bridgehead atoms. The van der Waals surface area contributed by atoms with Gasteiger partial charge in [-0.25, -0.2) is 4.79 Å². The van der Waals surface area contributed by atoms with Crippen LogP contribution in [0.25, 0.3) is 5.57 Å². The number of rotatable bonds is 2. The largest absolute Gasteiger partial charge is 0.507 e. The second-order valence-electron chi connectivity index (χ2n) is 6.41. The summed E-state index contributed by atoms with van der Waals surface area (Å²) in [5.41, 5.74) is 5.40. The number of aromatic hydroxyl groups is 2. The molecule has 128 valence electrons. The Kier molecular flexibility index (Phi) is 4.13. The van der Waals surface area contributed by atoms with Gasteiger partial charge in [-0.3, -0.25) is 0 Å². The summed E-state index contributed by atoms with van der Waals surface area (Å²) >= 11 is 0. The number of esters is 1. The van der Waals surface area contributed by atoms with Crippen molar-refractivity contribution in [1.29, 1.82) is 0 Å². The van der Waals surface area contributed by atoms with Gasteiger partial charge in [-0.05, 0) is 91.4 Å². The number of benzene rings is 2. The summed E-state index contributed by atoms with van der Waals surface area (Å²) in [4.78, 5) is 11.6. The molecular formula is C21H20O4. The Labute approximate surface area is 146 Å². The van der Waals surface area contributed by atoms with E-state index < -0.39 is 5.97 Å². The molecule has 4 heteroatoms. The van der Waals surface area contributed by atoms with Gasteiger partial charge in [0.1, 0.15) is 17.3 Å². The van der Waals surface area contributed by atoms with Crippen molar-refractivity contribution in [2.24, 2.45) is 0 Å². The molecule has 0 amide bonds. The summed E-state index contributed by atoms with van der Waals surface area (Å²) in [6.07, 6.45) is 3.03. The first-order valence-electron chi connectivity index (χ1n) is 8.03. The topological polar surface area (TPSA) is 66.8 Å². The second kappa shape index (κ2) is 6.13. The third-order valence-corrected chi connectivity index (χ3v) is 4.39. The number of hydrogen-bond acceptors (Lipinski definition) is 4. The van der Waals surface area contributed by atoms with Crippen LogP contribution in [0.2, 0.25) is 0 Å². The zero-order chi connectivity index (χ0) is 18.3. The van der Waals surface area contributed by atoms with Crippen molar-refractivity contribution in [2.45, 2.75) is 27.7 Å².